The molecule has 6 nitrogen and oxygen atoms in total. The van der Waals surface area contributed by atoms with E-state index in [4.69, 9.17) is 9.47 Å². The Kier molecular flexibility index (Phi) is 6.57. The molecule has 1 N–H and O–H groups in total. The van der Waals surface area contributed by atoms with E-state index in [9.17, 15) is 8.78 Å². The van der Waals surface area contributed by atoms with Gasteiger partial charge in [0.2, 0.25) is 0 Å². The zero-order chi connectivity index (χ0) is 23.9. The summed E-state index contributed by atoms with van der Waals surface area (Å²) in [6, 6.07) is 7.59. The van der Waals surface area contributed by atoms with E-state index in [1.165, 1.54) is 6.07 Å². The second kappa shape index (κ2) is 9.47. The van der Waals surface area contributed by atoms with Gasteiger partial charge in [0, 0.05) is 38.2 Å². The van der Waals surface area contributed by atoms with Crippen molar-refractivity contribution in [1.29, 1.82) is 0 Å². The van der Waals surface area contributed by atoms with Gasteiger partial charge in [0.15, 0.2) is 5.82 Å². The van der Waals surface area contributed by atoms with Gasteiger partial charge in [0.05, 0.1) is 37.2 Å². The third-order valence-electron chi connectivity index (χ3n) is 7.45. The molecule has 1 saturated carbocycles. The number of fused-ring (bicyclic) bond motifs is 1. The second-order valence-electron chi connectivity index (χ2n) is 10.3. The van der Waals surface area contributed by atoms with Gasteiger partial charge in [-0.2, -0.15) is 0 Å². The molecule has 0 bridgehead atoms. The Morgan fingerprint density at radius 3 is 2.53 bits per heavy atom. The molecule has 0 amide bonds. The molecular weight excluding hydrogens is 438 g/mol. The average molecular weight is 473 g/mol. The van der Waals surface area contributed by atoms with Gasteiger partial charge in [-0.1, -0.05) is 17.7 Å². The molecule has 5 rings (SSSR count). The zero-order valence-electron chi connectivity index (χ0n) is 20.2. The third kappa shape index (κ3) is 5.09. The first kappa shape index (κ1) is 23.6. The van der Waals surface area contributed by atoms with Crippen molar-refractivity contribution in [1.82, 2.24) is 15.1 Å². The fraction of sp³-hybridized carbons (Fsp3) is 0.615. The van der Waals surface area contributed by atoms with Crippen molar-refractivity contribution in [2.45, 2.75) is 51.7 Å². The summed E-state index contributed by atoms with van der Waals surface area (Å²) in [6.45, 7) is 9.85. The van der Waals surface area contributed by atoms with E-state index in [-0.39, 0.29) is 23.5 Å². The smallest absolute Gasteiger partial charge is 0.274 e. The molecule has 0 spiro atoms. The second-order valence-corrected chi connectivity index (χ2v) is 10.3. The minimum absolute atomic E-state index is 0.0912. The minimum atomic E-state index is -3.02. The summed E-state index contributed by atoms with van der Waals surface area (Å²) >= 11 is 0. The van der Waals surface area contributed by atoms with Crippen LogP contribution >= 0.6 is 0 Å². The highest BCUT2D eigenvalue weighted by atomic mass is 19.3. The van der Waals surface area contributed by atoms with Gasteiger partial charge >= 0.3 is 0 Å². The van der Waals surface area contributed by atoms with Crippen LogP contribution in [0.2, 0.25) is 0 Å². The highest BCUT2D eigenvalue weighted by Gasteiger charge is 2.42. The van der Waals surface area contributed by atoms with E-state index >= 15 is 0 Å². The van der Waals surface area contributed by atoms with Gasteiger partial charge in [0.1, 0.15) is 0 Å². The van der Waals surface area contributed by atoms with Crippen molar-refractivity contribution in [3.63, 3.8) is 0 Å². The number of nitrogens with zero attached hydrogens (tertiary/aromatic N) is 3. The molecule has 3 fully saturated rings. The van der Waals surface area contributed by atoms with Gasteiger partial charge in [-0.3, -0.25) is 0 Å². The Balaban J connectivity index is 1.26. The van der Waals surface area contributed by atoms with Crippen LogP contribution in [0.25, 0.3) is 11.3 Å². The summed E-state index contributed by atoms with van der Waals surface area (Å²) in [4.78, 5) is 2.47. The number of alkyl halides is 2. The van der Waals surface area contributed by atoms with Gasteiger partial charge in [-0.05, 0) is 56.2 Å². The van der Waals surface area contributed by atoms with Crippen molar-refractivity contribution < 1.29 is 18.3 Å². The molecule has 3 heterocycles. The monoisotopic (exact) mass is 472 g/mol. The van der Waals surface area contributed by atoms with E-state index < -0.39 is 5.92 Å². The molecule has 0 radical (unpaired) electrons. The minimum Gasteiger partial charge on any atom is -0.376 e. The number of rotatable bonds is 6. The highest BCUT2D eigenvalue weighted by molar-refractivity contribution is 5.66. The number of ether oxygens (including phenoxy) is 2. The molecule has 184 valence electrons. The molecule has 1 aromatic heterocycles. The Hall–Kier alpha value is -2.16. The summed E-state index contributed by atoms with van der Waals surface area (Å²) in [5.41, 5.74) is 3.28. The Morgan fingerprint density at radius 1 is 1.09 bits per heavy atom. The maximum Gasteiger partial charge on any atom is 0.274 e. The lowest BCUT2D eigenvalue weighted by molar-refractivity contribution is -0.0964. The first-order valence-electron chi connectivity index (χ1n) is 12.3. The first-order chi connectivity index (χ1) is 16.3. The van der Waals surface area contributed by atoms with Crippen LogP contribution in [0.1, 0.15) is 36.5 Å². The molecule has 3 aliphatic rings. The van der Waals surface area contributed by atoms with Crippen LogP contribution in [0.5, 0.6) is 0 Å². The molecule has 2 unspecified atom stereocenters. The van der Waals surface area contributed by atoms with E-state index in [0.29, 0.717) is 37.4 Å². The average Bonchev–Trinajstić information content (AvgIpc) is 3.33. The van der Waals surface area contributed by atoms with Crippen molar-refractivity contribution in [2.75, 3.05) is 44.8 Å². The molecule has 8 heteroatoms. The predicted octanol–water partition coefficient (Wildman–Crippen LogP) is 4.41. The van der Waals surface area contributed by atoms with Crippen LogP contribution < -0.4 is 5.32 Å². The van der Waals surface area contributed by atoms with Crippen molar-refractivity contribution >= 4 is 5.82 Å². The Morgan fingerprint density at radius 2 is 1.85 bits per heavy atom. The summed E-state index contributed by atoms with van der Waals surface area (Å²) < 4.78 is 40.6. The SMILES string of the molecule is Cc1ccc(C)c(-c2cc(C(C)(F)F)c(NC3C[C@@H]4CN(CC5COCCO5)C[C@@H]4C3)nn2)c1. The topological polar surface area (TPSA) is 59.5 Å². The summed E-state index contributed by atoms with van der Waals surface area (Å²) in [5, 5.41) is 11.9. The summed E-state index contributed by atoms with van der Waals surface area (Å²) in [7, 11) is 0. The van der Waals surface area contributed by atoms with Crippen molar-refractivity contribution in [3.05, 3.63) is 41.0 Å². The molecule has 2 aromatic rings. The van der Waals surface area contributed by atoms with Crippen molar-refractivity contribution in [2.24, 2.45) is 11.8 Å². The van der Waals surface area contributed by atoms with Crippen LogP contribution in [0.15, 0.2) is 24.3 Å². The molecule has 2 saturated heterocycles. The predicted molar refractivity (Wildman–Crippen MR) is 127 cm³/mol. The maximum atomic E-state index is 14.6. The standard InChI is InChI=1S/C26H34F2N4O2/c1-16-4-5-17(2)22(8-16)24-11-23(26(3,27)28)25(31-30-24)29-20-9-18-12-32(13-19(18)10-20)14-21-15-33-6-7-34-21/h4-5,8,11,18-21H,6-7,9-10,12-15H2,1-3H3,(H,29,31)/t18-,19+,20?,21?. The van der Waals surface area contributed by atoms with Gasteiger partial charge in [-0.25, -0.2) is 8.78 Å². The van der Waals surface area contributed by atoms with E-state index in [1.807, 2.05) is 32.0 Å². The highest BCUT2D eigenvalue weighted by Crippen LogP contribution is 2.41. The van der Waals surface area contributed by atoms with Crippen LogP contribution in [0, 0.1) is 25.7 Å². The lowest BCUT2D eigenvalue weighted by Crippen LogP contribution is -2.39. The maximum absolute atomic E-state index is 14.6. The molecule has 4 atom stereocenters. The lowest BCUT2D eigenvalue weighted by atomic mass is 10.0. The summed E-state index contributed by atoms with van der Waals surface area (Å²) in [6.07, 6.45) is 2.07. The number of aryl methyl sites for hydroxylation is 2. The van der Waals surface area contributed by atoms with E-state index in [1.54, 1.807) is 0 Å². The first-order valence-corrected chi connectivity index (χ1v) is 12.3. The number of aromatic nitrogens is 2. The quantitative estimate of drug-likeness (QED) is 0.672. The number of nitrogens with one attached hydrogen (secondary N) is 1. The molecule has 1 aliphatic carbocycles. The molecular formula is C26H34F2N4O2. The van der Waals surface area contributed by atoms with E-state index in [2.05, 4.69) is 20.4 Å². The van der Waals surface area contributed by atoms with Gasteiger partial charge < -0.3 is 19.7 Å². The van der Waals surface area contributed by atoms with Gasteiger partial charge in [-0.15, -0.1) is 10.2 Å². The van der Waals surface area contributed by atoms with Crippen LogP contribution in [0.3, 0.4) is 0 Å². The zero-order valence-corrected chi connectivity index (χ0v) is 20.2. The number of hydrogen-bond donors (Lipinski definition) is 1. The number of anilines is 1. The Bertz CT molecular complexity index is 1010. The number of hydrogen-bond acceptors (Lipinski definition) is 6. The number of benzene rings is 1. The van der Waals surface area contributed by atoms with E-state index in [0.717, 1.165) is 56.1 Å². The Labute approximate surface area is 200 Å². The lowest BCUT2D eigenvalue weighted by Gasteiger charge is -2.28. The number of halogens is 2. The number of likely N-dealkylation sites (tertiary alicyclic amines) is 1. The summed E-state index contributed by atoms with van der Waals surface area (Å²) in [5.74, 6) is -1.68. The molecule has 34 heavy (non-hydrogen) atoms. The van der Waals surface area contributed by atoms with Gasteiger partial charge in [0.25, 0.3) is 5.92 Å². The van der Waals surface area contributed by atoms with Crippen LogP contribution in [0.4, 0.5) is 14.6 Å². The largest absolute Gasteiger partial charge is 0.376 e. The molecule has 2 aliphatic heterocycles. The normalized spacial score (nSPS) is 27.7. The van der Waals surface area contributed by atoms with Crippen LogP contribution in [-0.4, -0.2) is 66.7 Å². The molecule has 1 aromatic carbocycles. The van der Waals surface area contributed by atoms with Crippen molar-refractivity contribution in [3.8, 4) is 11.3 Å². The fourth-order valence-electron chi connectivity index (χ4n) is 5.76. The third-order valence-corrected chi connectivity index (χ3v) is 7.45. The van der Waals surface area contributed by atoms with Crippen LogP contribution in [-0.2, 0) is 15.4 Å². The fourth-order valence-corrected chi connectivity index (χ4v) is 5.76.